The largest absolute Gasteiger partial charge is 0.370 e. The fourth-order valence-electron chi connectivity index (χ4n) is 4.65. The van der Waals surface area contributed by atoms with E-state index in [2.05, 4.69) is 62.8 Å². The zero-order valence-corrected chi connectivity index (χ0v) is 19.6. The van der Waals surface area contributed by atoms with Gasteiger partial charge in [0, 0.05) is 65.2 Å². The molecule has 0 unspecified atom stereocenters. The standard InChI is InChI=1S/C23H33Cl2N5/c1-26-11-7-8-22(26)30-16-14-28(15-17-30)19-9-10-20(27(2)23(24)25)21(18-19)29-12-5-3-4-6-13-29/h7-11,18,23H,3-6,12-17H2,1-2H3. The first-order valence-electron chi connectivity index (χ1n) is 11.1. The van der Waals surface area contributed by atoms with Gasteiger partial charge in [0.05, 0.1) is 11.4 Å². The second kappa shape index (κ2) is 9.61. The molecule has 1 aromatic heterocycles. The molecule has 164 valence electrons. The zero-order valence-electron chi connectivity index (χ0n) is 18.1. The van der Waals surface area contributed by atoms with E-state index in [0.29, 0.717) is 0 Å². The van der Waals surface area contributed by atoms with E-state index in [1.807, 2.05) is 11.9 Å². The molecule has 0 atom stereocenters. The summed E-state index contributed by atoms with van der Waals surface area (Å²) < 4.78 is 2.20. The van der Waals surface area contributed by atoms with Crippen LogP contribution in [0.15, 0.2) is 36.5 Å². The van der Waals surface area contributed by atoms with Gasteiger partial charge in [-0.1, -0.05) is 36.0 Å². The van der Waals surface area contributed by atoms with Crippen LogP contribution >= 0.6 is 23.2 Å². The van der Waals surface area contributed by atoms with Crippen LogP contribution in [0.25, 0.3) is 0 Å². The molecule has 0 N–H and O–H groups in total. The highest BCUT2D eigenvalue weighted by molar-refractivity contribution is 6.45. The van der Waals surface area contributed by atoms with E-state index in [-0.39, 0.29) is 0 Å². The molecule has 0 amide bonds. The fraction of sp³-hybridized carbons (Fsp3) is 0.565. The van der Waals surface area contributed by atoms with Crippen LogP contribution in [-0.2, 0) is 7.05 Å². The number of hydrogen-bond acceptors (Lipinski definition) is 4. The van der Waals surface area contributed by atoms with Gasteiger partial charge >= 0.3 is 0 Å². The van der Waals surface area contributed by atoms with E-state index in [0.717, 1.165) is 45.0 Å². The average Bonchev–Trinajstić information content (AvgIpc) is 3.01. The molecule has 1 aromatic carbocycles. The van der Waals surface area contributed by atoms with Gasteiger partial charge in [-0.3, -0.25) is 0 Å². The molecule has 2 aromatic rings. The number of rotatable bonds is 5. The van der Waals surface area contributed by atoms with Crippen molar-refractivity contribution in [3.8, 4) is 0 Å². The third kappa shape index (κ3) is 4.62. The molecule has 30 heavy (non-hydrogen) atoms. The first kappa shape index (κ1) is 21.5. The lowest BCUT2D eigenvalue weighted by Crippen LogP contribution is -2.47. The van der Waals surface area contributed by atoms with Crippen molar-refractivity contribution in [3.05, 3.63) is 36.5 Å². The molecule has 0 bridgehead atoms. The Bertz CT molecular complexity index is 821. The van der Waals surface area contributed by atoms with Crippen LogP contribution < -0.4 is 19.6 Å². The lowest BCUT2D eigenvalue weighted by atomic mass is 10.1. The smallest absolute Gasteiger partial charge is 0.179 e. The van der Waals surface area contributed by atoms with Gasteiger partial charge < -0.3 is 24.2 Å². The highest BCUT2D eigenvalue weighted by Crippen LogP contribution is 2.36. The predicted octanol–water partition coefficient (Wildman–Crippen LogP) is 4.93. The minimum Gasteiger partial charge on any atom is -0.370 e. The Morgan fingerprint density at radius 1 is 0.833 bits per heavy atom. The maximum Gasteiger partial charge on any atom is 0.179 e. The first-order valence-corrected chi connectivity index (χ1v) is 11.9. The number of halogens is 2. The van der Waals surface area contributed by atoms with E-state index in [1.165, 1.54) is 42.9 Å². The Balaban J connectivity index is 1.55. The topological polar surface area (TPSA) is 17.9 Å². The van der Waals surface area contributed by atoms with Crippen molar-refractivity contribution in [1.82, 2.24) is 4.57 Å². The summed E-state index contributed by atoms with van der Waals surface area (Å²) in [6.07, 6.45) is 7.24. The van der Waals surface area contributed by atoms with Crippen LogP contribution in [0.1, 0.15) is 25.7 Å². The van der Waals surface area contributed by atoms with Crippen molar-refractivity contribution in [1.29, 1.82) is 0 Å². The van der Waals surface area contributed by atoms with Crippen molar-refractivity contribution in [3.63, 3.8) is 0 Å². The third-order valence-electron chi connectivity index (χ3n) is 6.46. The van der Waals surface area contributed by atoms with E-state index in [9.17, 15) is 0 Å². The second-order valence-corrected chi connectivity index (χ2v) is 9.46. The molecule has 0 saturated carbocycles. The highest BCUT2D eigenvalue weighted by Gasteiger charge is 2.23. The molecule has 0 radical (unpaired) electrons. The van der Waals surface area contributed by atoms with Gasteiger partial charge in [-0.15, -0.1) is 0 Å². The van der Waals surface area contributed by atoms with Crippen LogP contribution in [-0.4, -0.2) is 55.8 Å². The van der Waals surface area contributed by atoms with Gasteiger partial charge in [0.25, 0.3) is 0 Å². The Morgan fingerprint density at radius 2 is 1.50 bits per heavy atom. The maximum absolute atomic E-state index is 6.23. The quantitative estimate of drug-likeness (QED) is 0.475. The Morgan fingerprint density at radius 3 is 2.10 bits per heavy atom. The van der Waals surface area contributed by atoms with E-state index >= 15 is 0 Å². The maximum atomic E-state index is 6.23. The molecular formula is C23H33Cl2N5. The summed E-state index contributed by atoms with van der Waals surface area (Å²) in [7, 11) is 4.09. The monoisotopic (exact) mass is 449 g/mol. The first-order chi connectivity index (χ1) is 14.5. The van der Waals surface area contributed by atoms with Crippen molar-refractivity contribution in [2.45, 2.75) is 30.6 Å². The Kier molecular flexibility index (Phi) is 6.89. The van der Waals surface area contributed by atoms with Crippen LogP contribution in [0.3, 0.4) is 0 Å². The molecule has 0 aliphatic carbocycles. The number of aromatic nitrogens is 1. The molecule has 2 aliphatic rings. The van der Waals surface area contributed by atoms with Gasteiger partial charge in [0.15, 0.2) is 4.96 Å². The summed E-state index contributed by atoms with van der Waals surface area (Å²) in [4.78, 5) is 8.90. The van der Waals surface area contributed by atoms with Gasteiger partial charge in [-0.05, 0) is 43.2 Å². The molecule has 2 fully saturated rings. The fourth-order valence-corrected chi connectivity index (χ4v) is 4.86. The molecule has 5 nitrogen and oxygen atoms in total. The minimum absolute atomic E-state index is 0.560. The number of alkyl halides is 2. The SMILES string of the molecule is CN(c1ccc(N2CCN(c3cccn3C)CC2)cc1N1CCCCCC1)C(Cl)Cl. The normalized spacial score (nSPS) is 18.1. The van der Waals surface area contributed by atoms with Crippen molar-refractivity contribution in [2.24, 2.45) is 7.05 Å². The molecule has 4 rings (SSSR count). The van der Waals surface area contributed by atoms with Gasteiger partial charge in [-0.25, -0.2) is 0 Å². The molecule has 2 aliphatic heterocycles. The van der Waals surface area contributed by atoms with Crippen LogP contribution in [0.2, 0.25) is 0 Å². The number of benzene rings is 1. The summed E-state index contributed by atoms with van der Waals surface area (Å²) in [5, 5.41) is 0. The molecule has 0 spiro atoms. The average molecular weight is 450 g/mol. The van der Waals surface area contributed by atoms with Crippen LogP contribution in [0.4, 0.5) is 22.9 Å². The number of hydrogen-bond donors (Lipinski definition) is 0. The zero-order chi connectivity index (χ0) is 21.1. The van der Waals surface area contributed by atoms with Crippen LogP contribution in [0, 0.1) is 0 Å². The van der Waals surface area contributed by atoms with E-state index < -0.39 is 4.96 Å². The predicted molar refractivity (Wildman–Crippen MR) is 131 cm³/mol. The Labute approximate surface area is 190 Å². The van der Waals surface area contributed by atoms with Gasteiger partial charge in [0.1, 0.15) is 5.82 Å². The van der Waals surface area contributed by atoms with Crippen LogP contribution in [0.5, 0.6) is 0 Å². The summed E-state index contributed by atoms with van der Waals surface area (Å²) in [5.74, 6) is 1.30. The number of piperazine rings is 1. The summed E-state index contributed by atoms with van der Waals surface area (Å²) in [6, 6.07) is 11.1. The molecule has 7 heteroatoms. The molecule has 3 heterocycles. The molecule has 2 saturated heterocycles. The number of anilines is 4. The van der Waals surface area contributed by atoms with E-state index in [1.54, 1.807) is 0 Å². The highest BCUT2D eigenvalue weighted by atomic mass is 35.5. The third-order valence-corrected chi connectivity index (χ3v) is 7.05. The molecular weight excluding hydrogens is 417 g/mol. The van der Waals surface area contributed by atoms with Gasteiger partial charge in [0.2, 0.25) is 0 Å². The van der Waals surface area contributed by atoms with Crippen molar-refractivity contribution in [2.75, 3.05) is 65.9 Å². The number of aryl methyl sites for hydroxylation is 1. The lowest BCUT2D eigenvalue weighted by molar-refractivity contribution is 0.637. The number of nitrogens with zero attached hydrogens (tertiary/aromatic N) is 5. The summed E-state index contributed by atoms with van der Waals surface area (Å²) in [6.45, 7) is 6.30. The van der Waals surface area contributed by atoms with Crippen molar-refractivity contribution >= 4 is 46.1 Å². The lowest BCUT2D eigenvalue weighted by Gasteiger charge is -2.38. The minimum atomic E-state index is -0.560. The van der Waals surface area contributed by atoms with Crippen molar-refractivity contribution < 1.29 is 0 Å². The summed E-state index contributed by atoms with van der Waals surface area (Å²) in [5.41, 5.74) is 3.66. The van der Waals surface area contributed by atoms with E-state index in [4.69, 9.17) is 23.2 Å². The van der Waals surface area contributed by atoms with Gasteiger partial charge in [-0.2, -0.15) is 0 Å². The Hall–Kier alpha value is -1.72. The second-order valence-electron chi connectivity index (χ2n) is 8.41. The summed E-state index contributed by atoms with van der Waals surface area (Å²) >= 11 is 12.5.